The zero-order valence-corrected chi connectivity index (χ0v) is 15.9. The van der Waals surface area contributed by atoms with Gasteiger partial charge >= 0.3 is 0 Å². The maximum Gasteiger partial charge on any atom is 0.254 e. The second-order valence-electron chi connectivity index (χ2n) is 8.22. The molecule has 3 aliphatic rings. The standard InChI is InChI=1S/C21H32N4O/c26-21(24-12-4-5-13-24)19-8-9-22-20(15-19)25-14-6-7-18(17-25)16-23-10-2-1-3-11-23/h8-9,15,18H,1-7,10-14,16-17H2. The number of carbonyl (C=O) groups excluding carboxylic acids is 1. The highest BCUT2D eigenvalue weighted by atomic mass is 16.2. The molecule has 5 nitrogen and oxygen atoms in total. The highest BCUT2D eigenvalue weighted by molar-refractivity contribution is 5.95. The number of pyridine rings is 1. The summed E-state index contributed by atoms with van der Waals surface area (Å²) in [6, 6.07) is 3.89. The van der Waals surface area contributed by atoms with Crippen LogP contribution in [0.3, 0.4) is 0 Å². The largest absolute Gasteiger partial charge is 0.356 e. The van der Waals surface area contributed by atoms with E-state index in [-0.39, 0.29) is 5.91 Å². The molecule has 5 heteroatoms. The van der Waals surface area contributed by atoms with E-state index in [1.807, 2.05) is 23.2 Å². The molecule has 1 atom stereocenters. The molecule has 4 rings (SSSR count). The minimum Gasteiger partial charge on any atom is -0.356 e. The van der Waals surface area contributed by atoms with E-state index in [1.165, 1.54) is 51.7 Å². The molecule has 0 bridgehead atoms. The van der Waals surface area contributed by atoms with E-state index in [0.717, 1.165) is 56.3 Å². The molecule has 4 heterocycles. The Morgan fingerprint density at radius 1 is 1.00 bits per heavy atom. The number of likely N-dealkylation sites (tertiary alicyclic amines) is 2. The normalized spacial score (nSPS) is 24.8. The van der Waals surface area contributed by atoms with Gasteiger partial charge in [-0.3, -0.25) is 4.79 Å². The molecule has 0 aliphatic carbocycles. The second kappa shape index (κ2) is 8.38. The summed E-state index contributed by atoms with van der Waals surface area (Å²) < 4.78 is 0. The Kier molecular flexibility index (Phi) is 5.73. The average Bonchev–Trinajstić information content (AvgIpc) is 3.23. The van der Waals surface area contributed by atoms with Gasteiger partial charge in [-0.15, -0.1) is 0 Å². The first-order valence-electron chi connectivity index (χ1n) is 10.5. The zero-order chi connectivity index (χ0) is 17.8. The number of nitrogens with zero attached hydrogens (tertiary/aromatic N) is 4. The van der Waals surface area contributed by atoms with E-state index in [1.54, 1.807) is 0 Å². The first-order valence-corrected chi connectivity index (χ1v) is 10.5. The lowest BCUT2D eigenvalue weighted by atomic mass is 9.96. The lowest BCUT2D eigenvalue weighted by Gasteiger charge is -2.37. The molecule has 0 aromatic carbocycles. The van der Waals surface area contributed by atoms with Gasteiger partial charge in [-0.05, 0) is 69.7 Å². The monoisotopic (exact) mass is 356 g/mol. The molecule has 0 radical (unpaired) electrons. The van der Waals surface area contributed by atoms with Crippen molar-refractivity contribution in [2.75, 3.05) is 50.7 Å². The quantitative estimate of drug-likeness (QED) is 0.831. The zero-order valence-electron chi connectivity index (χ0n) is 15.9. The molecule has 0 spiro atoms. The fourth-order valence-electron chi connectivity index (χ4n) is 4.76. The summed E-state index contributed by atoms with van der Waals surface area (Å²) in [5.74, 6) is 1.88. The van der Waals surface area contributed by atoms with Crippen molar-refractivity contribution in [3.8, 4) is 0 Å². The Balaban J connectivity index is 1.39. The third kappa shape index (κ3) is 4.20. The van der Waals surface area contributed by atoms with Gasteiger partial charge in [0.05, 0.1) is 0 Å². The predicted molar refractivity (Wildman–Crippen MR) is 105 cm³/mol. The van der Waals surface area contributed by atoms with Crippen molar-refractivity contribution in [1.82, 2.24) is 14.8 Å². The van der Waals surface area contributed by atoms with Crippen LogP contribution in [0, 0.1) is 5.92 Å². The maximum atomic E-state index is 12.7. The summed E-state index contributed by atoms with van der Waals surface area (Å²) in [7, 11) is 0. The molecule has 3 fully saturated rings. The molecular formula is C21H32N4O. The van der Waals surface area contributed by atoms with Crippen molar-refractivity contribution >= 4 is 11.7 Å². The van der Waals surface area contributed by atoms with Crippen molar-refractivity contribution in [2.24, 2.45) is 5.92 Å². The van der Waals surface area contributed by atoms with Gasteiger partial charge in [0.1, 0.15) is 5.82 Å². The van der Waals surface area contributed by atoms with E-state index in [0.29, 0.717) is 0 Å². The summed E-state index contributed by atoms with van der Waals surface area (Å²) in [5.41, 5.74) is 0.801. The van der Waals surface area contributed by atoms with Gasteiger partial charge in [0.2, 0.25) is 0 Å². The van der Waals surface area contributed by atoms with Crippen LogP contribution >= 0.6 is 0 Å². The van der Waals surface area contributed by atoms with Gasteiger partial charge in [0.25, 0.3) is 5.91 Å². The van der Waals surface area contributed by atoms with Gasteiger partial charge in [-0.25, -0.2) is 4.98 Å². The van der Waals surface area contributed by atoms with Gasteiger partial charge in [-0.2, -0.15) is 0 Å². The number of amides is 1. The van der Waals surface area contributed by atoms with E-state index in [2.05, 4.69) is 14.8 Å². The van der Waals surface area contributed by atoms with Crippen LogP contribution in [0.5, 0.6) is 0 Å². The number of hydrogen-bond acceptors (Lipinski definition) is 4. The van der Waals surface area contributed by atoms with Crippen LogP contribution in [0.4, 0.5) is 5.82 Å². The minimum atomic E-state index is 0.174. The number of aromatic nitrogens is 1. The van der Waals surface area contributed by atoms with E-state index >= 15 is 0 Å². The summed E-state index contributed by atoms with van der Waals surface area (Å²) in [6.45, 7) is 7.71. The molecule has 3 saturated heterocycles. The minimum absolute atomic E-state index is 0.174. The Labute approximate surface area is 157 Å². The third-order valence-corrected chi connectivity index (χ3v) is 6.19. The van der Waals surface area contributed by atoms with Crippen LogP contribution < -0.4 is 4.90 Å². The lowest BCUT2D eigenvalue weighted by Crippen LogP contribution is -2.42. The molecule has 3 aliphatic heterocycles. The van der Waals surface area contributed by atoms with Crippen molar-refractivity contribution in [3.63, 3.8) is 0 Å². The molecule has 0 N–H and O–H groups in total. The molecule has 26 heavy (non-hydrogen) atoms. The van der Waals surface area contributed by atoms with Crippen LogP contribution in [0.2, 0.25) is 0 Å². The van der Waals surface area contributed by atoms with E-state index < -0.39 is 0 Å². The van der Waals surface area contributed by atoms with Gasteiger partial charge in [0.15, 0.2) is 0 Å². The van der Waals surface area contributed by atoms with Crippen LogP contribution in [0.1, 0.15) is 55.3 Å². The Hall–Kier alpha value is -1.62. The third-order valence-electron chi connectivity index (χ3n) is 6.19. The Morgan fingerprint density at radius 3 is 2.58 bits per heavy atom. The molecule has 1 amide bonds. The van der Waals surface area contributed by atoms with Crippen LogP contribution in [0.25, 0.3) is 0 Å². The van der Waals surface area contributed by atoms with Gasteiger partial charge in [0, 0.05) is 44.5 Å². The summed E-state index contributed by atoms with van der Waals surface area (Å²) in [6.07, 6.45) is 10.7. The highest BCUT2D eigenvalue weighted by Gasteiger charge is 2.25. The van der Waals surface area contributed by atoms with Gasteiger partial charge < -0.3 is 14.7 Å². The van der Waals surface area contributed by atoms with Crippen molar-refractivity contribution < 1.29 is 4.79 Å². The van der Waals surface area contributed by atoms with Crippen molar-refractivity contribution in [1.29, 1.82) is 0 Å². The number of hydrogen-bond donors (Lipinski definition) is 0. The Bertz CT molecular complexity index is 608. The topological polar surface area (TPSA) is 39.7 Å². The van der Waals surface area contributed by atoms with Crippen LogP contribution in [-0.4, -0.2) is 66.5 Å². The molecule has 1 unspecified atom stereocenters. The Morgan fingerprint density at radius 2 is 1.77 bits per heavy atom. The predicted octanol–water partition coefficient (Wildman–Crippen LogP) is 3.02. The van der Waals surface area contributed by atoms with Gasteiger partial charge in [-0.1, -0.05) is 6.42 Å². The molecule has 0 saturated carbocycles. The lowest BCUT2D eigenvalue weighted by molar-refractivity contribution is 0.0792. The molecule has 1 aromatic rings. The molecule has 1 aromatic heterocycles. The fourth-order valence-corrected chi connectivity index (χ4v) is 4.76. The molecular weight excluding hydrogens is 324 g/mol. The number of rotatable bonds is 4. The summed E-state index contributed by atoms with van der Waals surface area (Å²) >= 11 is 0. The summed E-state index contributed by atoms with van der Waals surface area (Å²) in [4.78, 5) is 24.3. The van der Waals surface area contributed by atoms with Crippen LogP contribution in [-0.2, 0) is 0 Å². The smallest absolute Gasteiger partial charge is 0.254 e. The van der Waals surface area contributed by atoms with Crippen LogP contribution in [0.15, 0.2) is 18.3 Å². The number of carbonyl (C=O) groups is 1. The first kappa shape index (κ1) is 17.8. The van der Waals surface area contributed by atoms with E-state index in [9.17, 15) is 4.79 Å². The SMILES string of the molecule is O=C(c1ccnc(N2CCCC(CN3CCCCC3)C2)c1)N1CCCC1. The fraction of sp³-hybridized carbons (Fsp3) is 0.714. The maximum absolute atomic E-state index is 12.7. The van der Waals surface area contributed by atoms with E-state index in [4.69, 9.17) is 0 Å². The summed E-state index contributed by atoms with van der Waals surface area (Å²) in [5, 5.41) is 0. The van der Waals surface area contributed by atoms with Crippen molar-refractivity contribution in [3.05, 3.63) is 23.9 Å². The first-order chi connectivity index (χ1) is 12.8. The van der Waals surface area contributed by atoms with Crippen molar-refractivity contribution in [2.45, 2.75) is 44.9 Å². The molecule has 142 valence electrons. The number of anilines is 1. The number of piperidine rings is 2. The average molecular weight is 357 g/mol. The highest BCUT2D eigenvalue weighted by Crippen LogP contribution is 2.24. The second-order valence-corrected chi connectivity index (χ2v) is 8.22.